The van der Waals surface area contributed by atoms with Crippen LogP contribution < -0.4 is 20.9 Å². The molecule has 0 bridgehead atoms. The first-order chi connectivity index (χ1) is 7.74. The van der Waals surface area contributed by atoms with Gasteiger partial charge in [-0.25, -0.2) is 0 Å². The minimum absolute atomic E-state index is 0.121. The molecule has 0 fully saturated rings. The SMILES string of the molecule is CCCNC(CN[SiH3])(NCCC)NCCC. The van der Waals surface area contributed by atoms with Gasteiger partial charge in [0.1, 0.15) is 5.79 Å². The van der Waals surface area contributed by atoms with E-state index in [1.165, 1.54) is 0 Å². The van der Waals surface area contributed by atoms with Crippen molar-refractivity contribution in [2.75, 3.05) is 26.2 Å². The van der Waals surface area contributed by atoms with Gasteiger partial charge in [-0.05, 0) is 38.9 Å². The van der Waals surface area contributed by atoms with E-state index in [0.717, 1.165) is 55.8 Å². The van der Waals surface area contributed by atoms with Gasteiger partial charge in [-0.1, -0.05) is 20.8 Å². The van der Waals surface area contributed by atoms with E-state index in [4.69, 9.17) is 0 Å². The Balaban J connectivity index is 4.32. The maximum absolute atomic E-state index is 3.59. The molecule has 0 aliphatic carbocycles. The van der Waals surface area contributed by atoms with Crippen LogP contribution in [0.2, 0.25) is 0 Å². The second-order valence-corrected chi connectivity index (χ2v) is 4.92. The van der Waals surface area contributed by atoms with Gasteiger partial charge in [-0.3, -0.25) is 16.0 Å². The lowest BCUT2D eigenvalue weighted by Gasteiger charge is -2.37. The monoisotopic (exact) mass is 246 g/mol. The van der Waals surface area contributed by atoms with E-state index >= 15 is 0 Å². The van der Waals surface area contributed by atoms with Gasteiger partial charge in [-0.15, -0.1) is 0 Å². The summed E-state index contributed by atoms with van der Waals surface area (Å²) in [6.45, 7) is 10.7. The van der Waals surface area contributed by atoms with Crippen molar-refractivity contribution >= 4 is 10.4 Å². The average Bonchev–Trinajstić information content (AvgIpc) is 2.31. The largest absolute Gasteiger partial charge is 0.341 e. The molecule has 4 N–H and O–H groups in total. The van der Waals surface area contributed by atoms with Gasteiger partial charge < -0.3 is 4.98 Å². The zero-order chi connectivity index (χ0) is 12.3. The minimum Gasteiger partial charge on any atom is -0.341 e. The van der Waals surface area contributed by atoms with Gasteiger partial charge in [0.15, 0.2) is 0 Å². The van der Waals surface area contributed by atoms with Gasteiger partial charge >= 0.3 is 0 Å². The highest BCUT2D eigenvalue weighted by atomic mass is 28.2. The predicted molar refractivity (Wildman–Crippen MR) is 75.6 cm³/mol. The Morgan fingerprint density at radius 1 is 0.812 bits per heavy atom. The maximum atomic E-state index is 3.59. The molecule has 0 rings (SSSR count). The molecule has 0 atom stereocenters. The first-order valence-corrected chi connectivity index (χ1v) is 7.64. The van der Waals surface area contributed by atoms with Crippen molar-refractivity contribution in [3.63, 3.8) is 0 Å². The molecule has 0 saturated heterocycles. The van der Waals surface area contributed by atoms with Crippen LogP contribution in [0.15, 0.2) is 0 Å². The average molecular weight is 246 g/mol. The van der Waals surface area contributed by atoms with Crippen molar-refractivity contribution in [3.05, 3.63) is 0 Å². The fraction of sp³-hybridized carbons (Fsp3) is 1.00. The molecule has 0 aliphatic rings. The van der Waals surface area contributed by atoms with Crippen LogP contribution >= 0.6 is 0 Å². The third-order valence-corrected chi connectivity index (χ3v) is 2.83. The third-order valence-electron chi connectivity index (χ3n) is 2.47. The van der Waals surface area contributed by atoms with E-state index in [-0.39, 0.29) is 5.79 Å². The number of nitrogens with one attached hydrogen (secondary N) is 4. The Morgan fingerprint density at radius 2 is 1.19 bits per heavy atom. The minimum atomic E-state index is -0.121. The predicted octanol–water partition coefficient (Wildman–Crippen LogP) is -0.491. The summed E-state index contributed by atoms with van der Waals surface area (Å²) >= 11 is 0. The van der Waals surface area contributed by atoms with E-state index in [2.05, 4.69) is 41.7 Å². The van der Waals surface area contributed by atoms with Crippen LogP contribution in [0.3, 0.4) is 0 Å². The Morgan fingerprint density at radius 3 is 1.44 bits per heavy atom. The van der Waals surface area contributed by atoms with Crippen molar-refractivity contribution < 1.29 is 0 Å². The van der Waals surface area contributed by atoms with Crippen LogP contribution in [0.1, 0.15) is 40.0 Å². The molecule has 0 unspecified atom stereocenters. The highest BCUT2D eigenvalue weighted by Gasteiger charge is 2.25. The molecule has 5 heteroatoms. The second-order valence-electron chi connectivity index (χ2n) is 4.22. The van der Waals surface area contributed by atoms with Gasteiger partial charge in [0.05, 0.1) is 10.4 Å². The summed E-state index contributed by atoms with van der Waals surface area (Å²) in [7, 11) is 1.03. The zero-order valence-corrected chi connectivity index (χ0v) is 13.4. The molecule has 98 valence electrons. The Kier molecular flexibility index (Phi) is 10.3. The van der Waals surface area contributed by atoms with E-state index in [0.29, 0.717) is 0 Å². The lowest BCUT2D eigenvalue weighted by Crippen LogP contribution is -2.71. The highest BCUT2D eigenvalue weighted by Crippen LogP contribution is 1.96. The Bertz CT molecular complexity index is 133. The van der Waals surface area contributed by atoms with Crippen molar-refractivity contribution in [1.82, 2.24) is 20.9 Å². The smallest absolute Gasteiger partial charge is 0.135 e. The van der Waals surface area contributed by atoms with Crippen LogP contribution in [0.5, 0.6) is 0 Å². The highest BCUT2D eigenvalue weighted by molar-refractivity contribution is 6.04. The van der Waals surface area contributed by atoms with Crippen LogP contribution in [-0.4, -0.2) is 42.4 Å². The van der Waals surface area contributed by atoms with Crippen molar-refractivity contribution in [2.45, 2.75) is 45.8 Å². The Hall–Kier alpha value is 0.0569. The summed E-state index contributed by atoms with van der Waals surface area (Å²) in [4.78, 5) is 3.39. The van der Waals surface area contributed by atoms with Gasteiger partial charge in [-0.2, -0.15) is 0 Å². The van der Waals surface area contributed by atoms with E-state index in [9.17, 15) is 0 Å². The lowest BCUT2D eigenvalue weighted by atomic mass is 10.2. The zero-order valence-electron chi connectivity index (χ0n) is 11.4. The number of hydrogen-bond donors (Lipinski definition) is 4. The molecule has 4 nitrogen and oxygen atoms in total. The summed E-state index contributed by atoms with van der Waals surface area (Å²) < 4.78 is 0. The summed E-state index contributed by atoms with van der Waals surface area (Å²) in [6.07, 6.45) is 3.47. The van der Waals surface area contributed by atoms with Crippen molar-refractivity contribution in [2.24, 2.45) is 0 Å². The first kappa shape index (κ1) is 16.1. The summed E-state index contributed by atoms with van der Waals surface area (Å²) in [5.74, 6) is -0.121. The first-order valence-electron chi connectivity index (χ1n) is 6.64. The molecule has 0 aliphatic heterocycles. The molecular weight excluding hydrogens is 216 g/mol. The van der Waals surface area contributed by atoms with Crippen LogP contribution in [0.25, 0.3) is 0 Å². The molecule has 0 aromatic rings. The summed E-state index contributed by atoms with van der Waals surface area (Å²) in [5.41, 5.74) is 0. The quantitative estimate of drug-likeness (QED) is 0.294. The molecule has 0 saturated carbocycles. The third kappa shape index (κ3) is 6.60. The van der Waals surface area contributed by atoms with Gasteiger partial charge in [0.2, 0.25) is 0 Å². The standard InChI is InChI=1S/C11H30N4Si/c1-4-7-12-11(10-15-16,13-8-5-2)14-9-6-3/h12-15H,4-10H2,1-3,16H3. The molecule has 16 heavy (non-hydrogen) atoms. The second kappa shape index (κ2) is 10.2. The number of hydrogen-bond acceptors (Lipinski definition) is 4. The van der Waals surface area contributed by atoms with Crippen LogP contribution in [0, 0.1) is 0 Å². The van der Waals surface area contributed by atoms with Crippen molar-refractivity contribution in [1.29, 1.82) is 0 Å². The van der Waals surface area contributed by atoms with Gasteiger partial charge in [0, 0.05) is 6.54 Å². The van der Waals surface area contributed by atoms with E-state index < -0.39 is 0 Å². The maximum Gasteiger partial charge on any atom is 0.135 e. The van der Waals surface area contributed by atoms with Crippen LogP contribution in [0.4, 0.5) is 0 Å². The molecule has 0 amide bonds. The van der Waals surface area contributed by atoms with Crippen LogP contribution in [-0.2, 0) is 0 Å². The van der Waals surface area contributed by atoms with E-state index in [1.807, 2.05) is 0 Å². The molecule has 0 aromatic heterocycles. The summed E-state index contributed by atoms with van der Waals surface area (Å²) in [5, 5.41) is 10.8. The normalized spacial score (nSPS) is 12.2. The molecule has 0 radical (unpaired) electrons. The Labute approximate surface area is 104 Å². The molecular formula is C11H30N4Si. The summed E-state index contributed by atoms with van der Waals surface area (Å²) in [6, 6.07) is 0. The molecule has 0 spiro atoms. The number of rotatable bonds is 11. The topological polar surface area (TPSA) is 48.1 Å². The van der Waals surface area contributed by atoms with E-state index in [1.54, 1.807) is 0 Å². The fourth-order valence-corrected chi connectivity index (χ4v) is 2.19. The lowest BCUT2D eigenvalue weighted by molar-refractivity contribution is 0.201. The molecule has 0 aromatic carbocycles. The molecule has 0 heterocycles. The van der Waals surface area contributed by atoms with Gasteiger partial charge in [0.25, 0.3) is 0 Å². The van der Waals surface area contributed by atoms with Crippen molar-refractivity contribution in [3.8, 4) is 0 Å². The fourth-order valence-electron chi connectivity index (χ4n) is 1.66.